The highest BCUT2D eigenvalue weighted by atomic mass is 16.5. The maximum Gasteiger partial charge on any atom is 0.250 e. The first-order chi connectivity index (χ1) is 15.8. The van der Waals surface area contributed by atoms with Gasteiger partial charge < -0.3 is 15.4 Å². The van der Waals surface area contributed by atoms with E-state index in [2.05, 4.69) is 36.1 Å². The van der Waals surface area contributed by atoms with Crippen molar-refractivity contribution in [3.63, 3.8) is 0 Å². The molecule has 0 fully saturated rings. The lowest BCUT2D eigenvalue weighted by molar-refractivity contribution is 0.340. The Bertz CT molecular complexity index is 1090. The number of nitrogens with one attached hydrogen (secondary N) is 3. The van der Waals surface area contributed by atoms with Crippen molar-refractivity contribution >= 4 is 35.4 Å². The SMILES string of the molecule is CCOc1ccc(/C=N\Nc2nc(Nc3ccccc3)nc(Nc3ccccc3)n2)cc1. The zero-order valence-corrected chi connectivity index (χ0v) is 17.6. The van der Waals surface area contributed by atoms with Crippen molar-refractivity contribution in [3.8, 4) is 5.75 Å². The lowest BCUT2D eigenvalue weighted by Crippen LogP contribution is -2.07. The van der Waals surface area contributed by atoms with Crippen LogP contribution in [0.4, 0.5) is 29.2 Å². The molecule has 0 radical (unpaired) electrons. The van der Waals surface area contributed by atoms with E-state index < -0.39 is 0 Å². The molecule has 0 aliphatic carbocycles. The molecule has 3 N–H and O–H groups in total. The van der Waals surface area contributed by atoms with E-state index in [9.17, 15) is 0 Å². The first-order valence-corrected chi connectivity index (χ1v) is 10.2. The highest BCUT2D eigenvalue weighted by molar-refractivity contribution is 5.80. The Hall–Kier alpha value is -4.46. The third-order valence-electron chi connectivity index (χ3n) is 4.26. The van der Waals surface area contributed by atoms with E-state index in [0.717, 1.165) is 22.7 Å². The Labute approximate surface area is 186 Å². The zero-order chi connectivity index (χ0) is 22.0. The summed E-state index contributed by atoms with van der Waals surface area (Å²) in [6.07, 6.45) is 1.69. The molecule has 0 saturated heterocycles. The fraction of sp³-hybridized carbons (Fsp3) is 0.0833. The summed E-state index contributed by atoms with van der Waals surface area (Å²) in [5.41, 5.74) is 5.54. The van der Waals surface area contributed by atoms with Crippen molar-refractivity contribution in [2.24, 2.45) is 5.10 Å². The predicted molar refractivity (Wildman–Crippen MR) is 128 cm³/mol. The first-order valence-electron chi connectivity index (χ1n) is 10.2. The summed E-state index contributed by atoms with van der Waals surface area (Å²) < 4.78 is 5.46. The van der Waals surface area contributed by atoms with Crippen molar-refractivity contribution in [1.82, 2.24) is 15.0 Å². The van der Waals surface area contributed by atoms with Gasteiger partial charge in [-0.1, -0.05) is 36.4 Å². The van der Waals surface area contributed by atoms with Gasteiger partial charge in [0.1, 0.15) is 5.75 Å². The van der Waals surface area contributed by atoms with Crippen LogP contribution in [0.5, 0.6) is 5.75 Å². The number of hydrogen-bond acceptors (Lipinski definition) is 8. The molecule has 1 heterocycles. The number of para-hydroxylation sites is 2. The van der Waals surface area contributed by atoms with E-state index in [4.69, 9.17) is 4.74 Å². The number of rotatable bonds is 9. The molecule has 8 nitrogen and oxygen atoms in total. The Kier molecular flexibility index (Phi) is 6.85. The summed E-state index contributed by atoms with van der Waals surface area (Å²) in [7, 11) is 0. The number of aromatic nitrogens is 3. The standard InChI is InChI=1S/C24H23N7O/c1-2-32-21-15-13-18(14-16-21)17-25-31-24-29-22(26-19-9-5-3-6-10-19)28-23(30-24)27-20-11-7-4-8-12-20/h3-17H,2H2,1H3,(H3,26,27,28,29,30,31)/b25-17-. The second-order valence-electron chi connectivity index (χ2n) is 6.66. The molecule has 0 aliphatic heterocycles. The van der Waals surface area contributed by atoms with Gasteiger partial charge in [-0.25, -0.2) is 5.43 Å². The van der Waals surface area contributed by atoms with Crippen LogP contribution < -0.4 is 20.8 Å². The summed E-state index contributed by atoms with van der Waals surface area (Å²) in [5.74, 6) is 1.91. The lowest BCUT2D eigenvalue weighted by Gasteiger charge is -2.10. The molecule has 0 aliphatic rings. The average molecular weight is 425 g/mol. The van der Waals surface area contributed by atoms with Crippen LogP contribution in [0.1, 0.15) is 12.5 Å². The summed E-state index contributed by atoms with van der Waals surface area (Å²) >= 11 is 0. The van der Waals surface area contributed by atoms with Gasteiger partial charge in [0.05, 0.1) is 12.8 Å². The third-order valence-corrected chi connectivity index (χ3v) is 4.26. The van der Waals surface area contributed by atoms with Crippen LogP contribution in [0.25, 0.3) is 0 Å². The van der Waals surface area contributed by atoms with Crippen molar-refractivity contribution in [3.05, 3.63) is 90.5 Å². The Morgan fingerprint density at radius 1 is 0.719 bits per heavy atom. The molecule has 8 heteroatoms. The molecule has 0 bridgehead atoms. The number of benzene rings is 3. The highest BCUT2D eigenvalue weighted by Crippen LogP contribution is 2.18. The van der Waals surface area contributed by atoms with Crippen LogP contribution in [0.2, 0.25) is 0 Å². The van der Waals surface area contributed by atoms with Crippen LogP contribution in [0.3, 0.4) is 0 Å². The third kappa shape index (κ3) is 6.02. The largest absolute Gasteiger partial charge is 0.494 e. The molecule has 1 aromatic heterocycles. The highest BCUT2D eigenvalue weighted by Gasteiger charge is 2.07. The van der Waals surface area contributed by atoms with E-state index in [1.165, 1.54) is 0 Å². The van der Waals surface area contributed by atoms with Crippen molar-refractivity contribution in [2.75, 3.05) is 22.7 Å². The van der Waals surface area contributed by atoms with E-state index >= 15 is 0 Å². The smallest absolute Gasteiger partial charge is 0.250 e. The fourth-order valence-corrected chi connectivity index (χ4v) is 2.82. The molecular formula is C24H23N7O. The van der Waals surface area contributed by atoms with Crippen molar-refractivity contribution in [2.45, 2.75) is 6.92 Å². The quantitative estimate of drug-likeness (QED) is 0.250. The van der Waals surface area contributed by atoms with Crippen LogP contribution in [-0.4, -0.2) is 27.8 Å². The summed E-state index contributed by atoms with van der Waals surface area (Å²) in [6.45, 7) is 2.59. The van der Waals surface area contributed by atoms with Gasteiger partial charge in [-0.05, 0) is 61.0 Å². The normalized spacial score (nSPS) is 10.7. The molecule has 160 valence electrons. The molecular weight excluding hydrogens is 402 g/mol. The zero-order valence-electron chi connectivity index (χ0n) is 17.6. The van der Waals surface area contributed by atoms with E-state index in [1.54, 1.807) is 6.21 Å². The van der Waals surface area contributed by atoms with Gasteiger partial charge in [0.25, 0.3) is 0 Å². The van der Waals surface area contributed by atoms with Crippen LogP contribution in [0.15, 0.2) is 90.0 Å². The van der Waals surface area contributed by atoms with Gasteiger partial charge in [0, 0.05) is 11.4 Å². The average Bonchev–Trinajstić information content (AvgIpc) is 2.82. The Morgan fingerprint density at radius 3 is 1.78 bits per heavy atom. The summed E-state index contributed by atoms with van der Waals surface area (Å²) in [4.78, 5) is 13.3. The number of nitrogens with zero attached hydrogens (tertiary/aromatic N) is 4. The molecule has 0 unspecified atom stereocenters. The summed E-state index contributed by atoms with van der Waals surface area (Å²) in [6, 6.07) is 27.0. The van der Waals surface area contributed by atoms with Gasteiger partial charge in [-0.2, -0.15) is 20.1 Å². The van der Waals surface area contributed by atoms with Gasteiger partial charge in [-0.3, -0.25) is 0 Å². The second-order valence-corrected chi connectivity index (χ2v) is 6.66. The monoisotopic (exact) mass is 425 g/mol. The minimum absolute atomic E-state index is 0.305. The topological polar surface area (TPSA) is 96.4 Å². The van der Waals surface area contributed by atoms with Gasteiger partial charge in [-0.15, -0.1) is 0 Å². The van der Waals surface area contributed by atoms with E-state index in [0.29, 0.717) is 24.5 Å². The first kappa shape index (κ1) is 20.8. The Morgan fingerprint density at radius 2 is 1.25 bits per heavy atom. The molecule has 0 saturated carbocycles. The Balaban J connectivity index is 1.52. The van der Waals surface area contributed by atoms with E-state index in [1.807, 2.05) is 91.9 Å². The number of hydrogen-bond donors (Lipinski definition) is 3. The maximum absolute atomic E-state index is 5.46. The maximum atomic E-state index is 5.46. The lowest BCUT2D eigenvalue weighted by atomic mass is 10.2. The fourth-order valence-electron chi connectivity index (χ4n) is 2.82. The van der Waals surface area contributed by atoms with Gasteiger partial charge in [0.2, 0.25) is 17.8 Å². The van der Waals surface area contributed by atoms with Gasteiger partial charge >= 0.3 is 0 Å². The molecule has 3 aromatic carbocycles. The molecule has 4 aromatic rings. The molecule has 0 atom stereocenters. The van der Waals surface area contributed by atoms with Crippen molar-refractivity contribution in [1.29, 1.82) is 0 Å². The molecule has 0 spiro atoms. The minimum atomic E-state index is 0.305. The predicted octanol–water partition coefficient (Wildman–Crippen LogP) is 5.20. The number of anilines is 5. The van der Waals surface area contributed by atoms with Crippen LogP contribution in [0, 0.1) is 0 Å². The molecule has 0 amide bonds. The number of ether oxygens (including phenoxy) is 1. The number of hydrazone groups is 1. The summed E-state index contributed by atoms with van der Waals surface area (Å²) in [5, 5.41) is 10.6. The van der Waals surface area contributed by atoms with Crippen LogP contribution >= 0.6 is 0 Å². The van der Waals surface area contributed by atoms with Crippen molar-refractivity contribution < 1.29 is 4.74 Å². The van der Waals surface area contributed by atoms with E-state index in [-0.39, 0.29) is 0 Å². The van der Waals surface area contributed by atoms with Crippen LogP contribution in [-0.2, 0) is 0 Å². The molecule has 32 heavy (non-hydrogen) atoms. The van der Waals surface area contributed by atoms with Gasteiger partial charge in [0.15, 0.2) is 0 Å². The second kappa shape index (κ2) is 10.5. The molecule has 4 rings (SSSR count). The minimum Gasteiger partial charge on any atom is -0.494 e.